The fourth-order valence-electron chi connectivity index (χ4n) is 3.07. The first-order valence-corrected chi connectivity index (χ1v) is 8.01. The van der Waals surface area contributed by atoms with Crippen molar-refractivity contribution in [3.05, 3.63) is 44.0 Å². The average Bonchev–Trinajstić information content (AvgIpc) is 2.49. The first-order valence-electron chi connectivity index (χ1n) is 8.01. The minimum atomic E-state index is -0.627. The molecule has 2 rings (SSSR count). The summed E-state index contributed by atoms with van der Waals surface area (Å²) in [6.45, 7) is 5.62. The SMILES string of the molecule is CC(C)CC1COC(Cc2ccc([N+](=O)[O-])cc2[N+](=O)[O-])CN1C. The van der Waals surface area contributed by atoms with Gasteiger partial charge in [-0.25, -0.2) is 0 Å². The summed E-state index contributed by atoms with van der Waals surface area (Å²) in [7, 11) is 2.03. The Morgan fingerprint density at radius 2 is 2.00 bits per heavy atom. The van der Waals surface area contributed by atoms with Gasteiger partial charge >= 0.3 is 0 Å². The molecule has 1 aromatic rings. The van der Waals surface area contributed by atoms with Gasteiger partial charge in [0.05, 0.1) is 28.6 Å². The van der Waals surface area contributed by atoms with E-state index in [0.717, 1.165) is 12.5 Å². The minimum Gasteiger partial charge on any atom is -0.375 e. The molecule has 1 saturated heterocycles. The number of benzene rings is 1. The molecule has 0 radical (unpaired) electrons. The minimum absolute atomic E-state index is 0.154. The Hall–Kier alpha value is -2.06. The van der Waals surface area contributed by atoms with Crippen LogP contribution in [0.2, 0.25) is 0 Å². The van der Waals surface area contributed by atoms with Gasteiger partial charge in [-0.1, -0.05) is 13.8 Å². The summed E-state index contributed by atoms with van der Waals surface area (Å²) in [5.74, 6) is 0.577. The lowest BCUT2D eigenvalue weighted by Gasteiger charge is -2.38. The average molecular weight is 337 g/mol. The molecule has 132 valence electrons. The number of likely N-dealkylation sites (N-methyl/N-ethyl adjacent to an activating group) is 1. The molecular weight excluding hydrogens is 314 g/mol. The van der Waals surface area contributed by atoms with E-state index in [0.29, 0.717) is 37.1 Å². The number of hydrogen-bond acceptors (Lipinski definition) is 6. The number of rotatable bonds is 6. The molecule has 8 heteroatoms. The molecule has 1 aliphatic heterocycles. The number of hydrogen-bond donors (Lipinski definition) is 0. The van der Waals surface area contributed by atoms with Crippen LogP contribution >= 0.6 is 0 Å². The Labute approximate surface area is 140 Å². The third kappa shape index (κ3) is 4.48. The largest absolute Gasteiger partial charge is 0.375 e. The van der Waals surface area contributed by atoms with E-state index < -0.39 is 9.85 Å². The van der Waals surface area contributed by atoms with Gasteiger partial charge in [0.15, 0.2) is 0 Å². The highest BCUT2D eigenvalue weighted by Crippen LogP contribution is 2.27. The van der Waals surface area contributed by atoms with Crippen molar-refractivity contribution >= 4 is 11.4 Å². The smallest absolute Gasteiger partial charge is 0.279 e. The van der Waals surface area contributed by atoms with Gasteiger partial charge in [-0.3, -0.25) is 25.1 Å². The topological polar surface area (TPSA) is 98.8 Å². The monoisotopic (exact) mass is 337 g/mol. The second-order valence-corrected chi connectivity index (χ2v) is 6.71. The summed E-state index contributed by atoms with van der Waals surface area (Å²) < 4.78 is 5.88. The van der Waals surface area contributed by atoms with Crippen molar-refractivity contribution in [3.63, 3.8) is 0 Å². The van der Waals surface area contributed by atoms with Gasteiger partial charge < -0.3 is 4.74 Å². The molecule has 1 aromatic carbocycles. The van der Waals surface area contributed by atoms with Crippen molar-refractivity contribution < 1.29 is 14.6 Å². The van der Waals surface area contributed by atoms with Crippen LogP contribution in [0, 0.1) is 26.1 Å². The number of nitro benzene ring substituents is 2. The zero-order chi connectivity index (χ0) is 17.9. The molecule has 0 saturated carbocycles. The standard InChI is InChI=1S/C16H23N3O5/c1-11(2)6-14-10-24-15(9-17(14)3)7-12-4-5-13(18(20)21)8-16(12)19(22)23/h4-5,8,11,14-15H,6-7,9-10H2,1-3H3. The summed E-state index contributed by atoms with van der Waals surface area (Å²) in [6, 6.07) is 4.13. The number of nitro groups is 2. The number of ether oxygens (including phenoxy) is 1. The van der Waals surface area contributed by atoms with E-state index in [1.165, 1.54) is 12.1 Å². The van der Waals surface area contributed by atoms with Crippen molar-refractivity contribution in [1.82, 2.24) is 4.90 Å². The highest BCUT2D eigenvalue weighted by molar-refractivity contribution is 5.49. The molecule has 24 heavy (non-hydrogen) atoms. The highest BCUT2D eigenvalue weighted by Gasteiger charge is 2.29. The van der Waals surface area contributed by atoms with E-state index >= 15 is 0 Å². The number of non-ortho nitro benzene ring substituents is 1. The summed E-state index contributed by atoms with van der Waals surface area (Å²) in [6.07, 6.45) is 1.26. The fourth-order valence-corrected chi connectivity index (χ4v) is 3.07. The summed E-state index contributed by atoms with van der Waals surface area (Å²) in [4.78, 5) is 23.0. The Bertz CT molecular complexity index is 620. The summed E-state index contributed by atoms with van der Waals surface area (Å²) >= 11 is 0. The van der Waals surface area contributed by atoms with Crippen LogP contribution in [0.1, 0.15) is 25.8 Å². The van der Waals surface area contributed by atoms with Crippen LogP contribution in [0.4, 0.5) is 11.4 Å². The Balaban J connectivity index is 2.09. The molecule has 0 aliphatic carbocycles. The van der Waals surface area contributed by atoms with E-state index in [9.17, 15) is 20.2 Å². The van der Waals surface area contributed by atoms with Crippen LogP contribution in [0.5, 0.6) is 0 Å². The van der Waals surface area contributed by atoms with Crippen LogP contribution < -0.4 is 0 Å². The molecule has 0 bridgehead atoms. The molecule has 0 N–H and O–H groups in total. The lowest BCUT2D eigenvalue weighted by atomic mass is 9.99. The quantitative estimate of drug-likeness (QED) is 0.584. The molecule has 2 atom stereocenters. The van der Waals surface area contributed by atoms with Crippen molar-refractivity contribution in [1.29, 1.82) is 0 Å². The van der Waals surface area contributed by atoms with E-state index in [-0.39, 0.29) is 17.5 Å². The fraction of sp³-hybridized carbons (Fsp3) is 0.625. The molecule has 1 fully saturated rings. The lowest BCUT2D eigenvalue weighted by molar-refractivity contribution is -0.394. The number of morpholine rings is 1. The van der Waals surface area contributed by atoms with E-state index in [4.69, 9.17) is 4.74 Å². The zero-order valence-corrected chi connectivity index (χ0v) is 14.2. The summed E-state index contributed by atoms with van der Waals surface area (Å²) in [5.41, 5.74) is -0.0322. The van der Waals surface area contributed by atoms with Crippen molar-refractivity contribution in [2.45, 2.75) is 38.8 Å². The Kier molecular flexibility index (Phi) is 5.84. The maximum atomic E-state index is 11.2. The predicted octanol–water partition coefficient (Wildman–Crippen LogP) is 2.79. The second-order valence-electron chi connectivity index (χ2n) is 6.71. The lowest BCUT2D eigenvalue weighted by Crippen LogP contribution is -2.48. The molecule has 1 aliphatic rings. The van der Waals surface area contributed by atoms with Crippen LogP contribution in [-0.2, 0) is 11.2 Å². The van der Waals surface area contributed by atoms with Crippen LogP contribution in [0.3, 0.4) is 0 Å². The predicted molar refractivity (Wildman–Crippen MR) is 89.1 cm³/mol. The van der Waals surface area contributed by atoms with Crippen LogP contribution in [0.25, 0.3) is 0 Å². The van der Waals surface area contributed by atoms with Crippen LogP contribution in [0.15, 0.2) is 18.2 Å². The Morgan fingerprint density at radius 1 is 1.29 bits per heavy atom. The van der Waals surface area contributed by atoms with Gasteiger partial charge in [0, 0.05) is 30.6 Å². The first kappa shape index (κ1) is 18.3. The third-order valence-electron chi connectivity index (χ3n) is 4.31. The number of nitrogens with zero attached hydrogens (tertiary/aromatic N) is 3. The maximum Gasteiger partial charge on any atom is 0.279 e. The van der Waals surface area contributed by atoms with Gasteiger partial charge in [-0.05, 0) is 25.5 Å². The maximum absolute atomic E-state index is 11.2. The molecular formula is C16H23N3O5. The van der Waals surface area contributed by atoms with Crippen molar-refractivity contribution in [2.75, 3.05) is 20.2 Å². The molecule has 0 aromatic heterocycles. The van der Waals surface area contributed by atoms with Gasteiger partial charge in [0.25, 0.3) is 11.4 Å². The Morgan fingerprint density at radius 3 is 2.54 bits per heavy atom. The van der Waals surface area contributed by atoms with Gasteiger partial charge in [-0.2, -0.15) is 0 Å². The van der Waals surface area contributed by atoms with Crippen molar-refractivity contribution in [3.8, 4) is 0 Å². The normalized spacial score (nSPS) is 21.8. The second kappa shape index (κ2) is 7.67. The van der Waals surface area contributed by atoms with Gasteiger partial charge in [0.2, 0.25) is 0 Å². The third-order valence-corrected chi connectivity index (χ3v) is 4.31. The first-order chi connectivity index (χ1) is 11.3. The molecule has 1 heterocycles. The molecule has 0 amide bonds. The van der Waals surface area contributed by atoms with Gasteiger partial charge in [-0.15, -0.1) is 0 Å². The van der Waals surface area contributed by atoms with Crippen molar-refractivity contribution in [2.24, 2.45) is 5.92 Å². The van der Waals surface area contributed by atoms with Crippen LogP contribution in [-0.4, -0.2) is 47.1 Å². The van der Waals surface area contributed by atoms with E-state index in [2.05, 4.69) is 18.7 Å². The zero-order valence-electron chi connectivity index (χ0n) is 14.2. The molecule has 0 spiro atoms. The highest BCUT2D eigenvalue weighted by atomic mass is 16.6. The molecule has 8 nitrogen and oxygen atoms in total. The van der Waals surface area contributed by atoms with E-state index in [1.54, 1.807) is 0 Å². The van der Waals surface area contributed by atoms with Gasteiger partial charge in [0.1, 0.15) is 0 Å². The van der Waals surface area contributed by atoms with E-state index in [1.807, 2.05) is 7.05 Å². The summed E-state index contributed by atoms with van der Waals surface area (Å²) in [5, 5.41) is 22.0. The molecule has 2 unspecified atom stereocenters.